The molecule has 1 aliphatic heterocycles. The Hall–Kier alpha value is -1.98. The summed E-state index contributed by atoms with van der Waals surface area (Å²) in [6, 6.07) is 26.1. The van der Waals surface area contributed by atoms with Gasteiger partial charge >= 0.3 is 130 Å². The van der Waals surface area contributed by atoms with Gasteiger partial charge in [-0.2, -0.15) is 0 Å². The van der Waals surface area contributed by atoms with E-state index in [1.54, 1.807) is 0 Å². The van der Waals surface area contributed by atoms with E-state index >= 15 is 0 Å². The molecule has 1 atom stereocenters. The van der Waals surface area contributed by atoms with Gasteiger partial charge in [-0.3, -0.25) is 0 Å². The molecule has 21 heavy (non-hydrogen) atoms. The summed E-state index contributed by atoms with van der Waals surface area (Å²) in [4.78, 5) is 0. The third-order valence-corrected chi connectivity index (χ3v) is 8.74. The van der Waals surface area contributed by atoms with E-state index in [0.717, 1.165) is 0 Å². The SMILES string of the molecule is C[As]1c2ccccc2Nc2cccc(-c3ccccc3)c21. The van der Waals surface area contributed by atoms with Crippen LogP contribution in [0.4, 0.5) is 11.4 Å². The second kappa shape index (κ2) is 5.09. The van der Waals surface area contributed by atoms with Gasteiger partial charge in [-0.15, -0.1) is 0 Å². The zero-order chi connectivity index (χ0) is 14.2. The number of hydrogen-bond donors (Lipinski definition) is 1. The topological polar surface area (TPSA) is 12.0 Å². The van der Waals surface area contributed by atoms with Crippen molar-refractivity contribution >= 4 is 34.7 Å². The molecule has 1 nitrogen and oxygen atoms in total. The van der Waals surface area contributed by atoms with Crippen LogP contribution < -0.4 is 14.0 Å². The Balaban J connectivity index is 1.93. The maximum atomic E-state index is 3.62. The van der Waals surface area contributed by atoms with Gasteiger partial charge in [-0.25, -0.2) is 0 Å². The standard InChI is InChI=1S/C19H16AsN/c1-20-16-11-5-6-12-17(16)21-18-13-7-10-15(19(18)20)14-8-3-2-4-9-14/h2-13,21H,1H3. The minimum absolute atomic E-state index is 1.24. The first-order valence-corrected chi connectivity index (χ1v) is 10.9. The molecule has 0 radical (unpaired) electrons. The molecule has 0 fully saturated rings. The van der Waals surface area contributed by atoms with Crippen molar-refractivity contribution in [2.75, 3.05) is 5.32 Å². The Morgan fingerprint density at radius 3 is 2.29 bits per heavy atom. The number of rotatable bonds is 1. The van der Waals surface area contributed by atoms with Crippen LogP contribution in [0, 0.1) is 0 Å². The van der Waals surface area contributed by atoms with E-state index in [9.17, 15) is 0 Å². The van der Waals surface area contributed by atoms with Crippen molar-refractivity contribution in [3.05, 3.63) is 72.8 Å². The normalized spacial score (nSPS) is 15.8. The van der Waals surface area contributed by atoms with Crippen molar-refractivity contribution in [2.45, 2.75) is 5.71 Å². The molecule has 0 aliphatic carbocycles. The number of anilines is 2. The molecule has 0 amide bonds. The van der Waals surface area contributed by atoms with Gasteiger partial charge in [0, 0.05) is 0 Å². The first-order valence-electron chi connectivity index (χ1n) is 7.13. The quantitative estimate of drug-likeness (QED) is 0.671. The molecule has 1 aliphatic rings. The van der Waals surface area contributed by atoms with Gasteiger partial charge in [0.2, 0.25) is 0 Å². The van der Waals surface area contributed by atoms with E-state index in [1.807, 2.05) is 0 Å². The summed E-state index contributed by atoms with van der Waals surface area (Å²) in [5, 5.41) is 3.62. The third-order valence-electron chi connectivity index (χ3n) is 3.99. The van der Waals surface area contributed by atoms with Gasteiger partial charge in [0.1, 0.15) is 0 Å². The maximum absolute atomic E-state index is 3.62. The first-order chi connectivity index (χ1) is 10.3. The molecule has 0 saturated carbocycles. The zero-order valence-electron chi connectivity index (χ0n) is 11.9. The fraction of sp³-hybridized carbons (Fsp3) is 0.0526. The molecule has 0 bridgehead atoms. The number of benzene rings is 3. The van der Waals surface area contributed by atoms with Crippen LogP contribution in [0.2, 0.25) is 5.71 Å². The summed E-state index contributed by atoms with van der Waals surface area (Å²) in [6.07, 6.45) is 0. The van der Waals surface area contributed by atoms with Crippen LogP contribution in [0.15, 0.2) is 72.8 Å². The van der Waals surface area contributed by atoms with E-state index in [4.69, 9.17) is 0 Å². The van der Waals surface area contributed by atoms with Crippen LogP contribution in [0.5, 0.6) is 0 Å². The molecule has 0 aromatic heterocycles. The van der Waals surface area contributed by atoms with E-state index in [1.165, 1.54) is 31.2 Å². The van der Waals surface area contributed by atoms with Crippen molar-refractivity contribution in [2.24, 2.45) is 0 Å². The summed E-state index contributed by atoms with van der Waals surface area (Å²) in [5.41, 5.74) is 7.72. The van der Waals surface area contributed by atoms with Gasteiger partial charge < -0.3 is 0 Å². The second-order valence-corrected chi connectivity index (χ2v) is 9.56. The van der Waals surface area contributed by atoms with Crippen LogP contribution >= 0.6 is 0 Å². The first kappa shape index (κ1) is 12.7. The summed E-state index contributed by atoms with van der Waals surface area (Å²) in [7, 11) is 0. The van der Waals surface area contributed by atoms with Gasteiger partial charge in [-0.1, -0.05) is 0 Å². The predicted octanol–water partition coefficient (Wildman–Crippen LogP) is 3.65. The van der Waals surface area contributed by atoms with Gasteiger partial charge in [-0.05, 0) is 0 Å². The molecule has 3 aromatic rings. The molecule has 4 rings (SSSR count). The monoisotopic (exact) mass is 333 g/mol. The van der Waals surface area contributed by atoms with E-state index in [-0.39, 0.29) is 0 Å². The Kier molecular flexibility index (Phi) is 3.09. The summed E-state index contributed by atoms with van der Waals surface area (Å²) in [5.74, 6) is 0. The average molecular weight is 333 g/mol. The van der Waals surface area contributed by atoms with Crippen molar-refractivity contribution in [3.8, 4) is 11.1 Å². The van der Waals surface area contributed by atoms with Crippen molar-refractivity contribution in [1.29, 1.82) is 0 Å². The van der Waals surface area contributed by atoms with Crippen molar-refractivity contribution in [1.82, 2.24) is 0 Å². The molecular formula is C19H16AsN. The van der Waals surface area contributed by atoms with Crippen LogP contribution in [-0.2, 0) is 0 Å². The molecule has 0 saturated heterocycles. The third kappa shape index (κ3) is 2.09. The number of nitrogens with one attached hydrogen (secondary N) is 1. The Labute approximate surface area is 129 Å². The summed E-state index contributed by atoms with van der Waals surface area (Å²) >= 11 is -1.24. The minimum atomic E-state index is -1.24. The fourth-order valence-electron chi connectivity index (χ4n) is 2.99. The number of fused-ring (bicyclic) bond motifs is 2. The van der Waals surface area contributed by atoms with Gasteiger partial charge in [0.05, 0.1) is 0 Å². The molecule has 2 heteroatoms. The summed E-state index contributed by atoms with van der Waals surface area (Å²) in [6.45, 7) is 0. The Bertz CT molecular complexity index is 796. The van der Waals surface area contributed by atoms with E-state index in [0.29, 0.717) is 0 Å². The van der Waals surface area contributed by atoms with Crippen molar-refractivity contribution in [3.63, 3.8) is 0 Å². The van der Waals surface area contributed by atoms with Crippen LogP contribution in [0.1, 0.15) is 0 Å². The molecule has 1 heterocycles. The fourth-order valence-corrected chi connectivity index (χ4v) is 7.40. The Morgan fingerprint density at radius 2 is 1.43 bits per heavy atom. The zero-order valence-corrected chi connectivity index (χ0v) is 13.8. The number of para-hydroxylation sites is 1. The second-order valence-electron chi connectivity index (χ2n) is 5.27. The molecule has 102 valence electrons. The molecule has 1 unspecified atom stereocenters. The van der Waals surface area contributed by atoms with Crippen LogP contribution in [0.25, 0.3) is 11.1 Å². The van der Waals surface area contributed by atoms with E-state index in [2.05, 4.69) is 83.8 Å². The number of hydrogen-bond acceptors (Lipinski definition) is 1. The summed E-state index contributed by atoms with van der Waals surface area (Å²) < 4.78 is 3.05. The molecule has 3 aromatic carbocycles. The Morgan fingerprint density at radius 1 is 0.714 bits per heavy atom. The molecular weight excluding hydrogens is 317 g/mol. The van der Waals surface area contributed by atoms with Crippen LogP contribution in [-0.4, -0.2) is 14.7 Å². The molecule has 1 N–H and O–H groups in total. The van der Waals surface area contributed by atoms with E-state index < -0.39 is 14.7 Å². The van der Waals surface area contributed by atoms with Crippen LogP contribution in [0.3, 0.4) is 0 Å². The average Bonchev–Trinajstić information content (AvgIpc) is 2.55. The van der Waals surface area contributed by atoms with Crippen molar-refractivity contribution < 1.29 is 0 Å². The predicted molar refractivity (Wildman–Crippen MR) is 92.5 cm³/mol. The van der Waals surface area contributed by atoms with Gasteiger partial charge in [0.25, 0.3) is 0 Å². The van der Waals surface area contributed by atoms with Gasteiger partial charge in [0.15, 0.2) is 0 Å². The molecule has 0 spiro atoms.